The van der Waals surface area contributed by atoms with E-state index in [1.54, 1.807) is 0 Å². The molecule has 1 rings (SSSR count). The van der Waals surface area contributed by atoms with Crippen LogP contribution in [-0.4, -0.2) is 6.54 Å². The summed E-state index contributed by atoms with van der Waals surface area (Å²) < 4.78 is 2.29. The van der Waals surface area contributed by atoms with Crippen molar-refractivity contribution in [2.45, 2.75) is 52.0 Å². The fraction of sp³-hybridized carbons (Fsp3) is 0.600. The van der Waals surface area contributed by atoms with Gasteiger partial charge in [-0.05, 0) is 43.1 Å². The average Bonchev–Trinajstić information content (AvgIpc) is 2.32. The Morgan fingerprint density at radius 1 is 1.00 bits per heavy atom. The summed E-state index contributed by atoms with van der Waals surface area (Å²) >= 11 is 7.15. The predicted molar refractivity (Wildman–Crippen MR) is 87.0 cm³/mol. The molecule has 0 saturated carbocycles. The van der Waals surface area contributed by atoms with Gasteiger partial charge < -0.3 is 5.32 Å². The summed E-state index contributed by atoms with van der Waals surface area (Å²) in [7, 11) is 0. The van der Waals surface area contributed by atoms with Gasteiger partial charge in [0.15, 0.2) is 0 Å². The van der Waals surface area contributed by atoms with E-state index >= 15 is 0 Å². The van der Waals surface area contributed by atoms with Crippen molar-refractivity contribution in [2.24, 2.45) is 0 Å². The van der Waals surface area contributed by atoms with Gasteiger partial charge in [-0.2, -0.15) is 0 Å². The SMILES string of the molecule is CCCCCC(NCCC)c1cc(Br)cc(Br)c1. The van der Waals surface area contributed by atoms with Gasteiger partial charge in [-0.3, -0.25) is 0 Å². The standard InChI is InChI=1S/C15H23Br2N/c1-3-5-6-7-15(18-8-4-2)12-9-13(16)11-14(17)10-12/h9-11,15,18H,3-8H2,1-2H3. The lowest BCUT2D eigenvalue weighted by Crippen LogP contribution is -2.22. The molecule has 0 radical (unpaired) electrons. The van der Waals surface area contributed by atoms with Gasteiger partial charge in [0.2, 0.25) is 0 Å². The largest absolute Gasteiger partial charge is 0.310 e. The molecule has 102 valence electrons. The lowest BCUT2D eigenvalue weighted by Gasteiger charge is -2.19. The Hall–Kier alpha value is 0.140. The number of unbranched alkanes of at least 4 members (excludes halogenated alkanes) is 2. The van der Waals surface area contributed by atoms with Gasteiger partial charge in [0.05, 0.1) is 0 Å². The summed E-state index contributed by atoms with van der Waals surface area (Å²) in [5, 5.41) is 3.66. The van der Waals surface area contributed by atoms with Gasteiger partial charge >= 0.3 is 0 Å². The average molecular weight is 377 g/mol. The Morgan fingerprint density at radius 3 is 2.22 bits per heavy atom. The summed E-state index contributed by atoms with van der Waals surface area (Å²) in [5.41, 5.74) is 1.38. The lowest BCUT2D eigenvalue weighted by molar-refractivity contribution is 0.474. The normalized spacial score (nSPS) is 12.7. The molecule has 1 nitrogen and oxygen atoms in total. The number of benzene rings is 1. The van der Waals surface area contributed by atoms with Crippen LogP contribution in [0.5, 0.6) is 0 Å². The Morgan fingerprint density at radius 2 is 1.67 bits per heavy atom. The van der Waals surface area contributed by atoms with E-state index in [9.17, 15) is 0 Å². The zero-order valence-corrected chi connectivity index (χ0v) is 14.5. The fourth-order valence-electron chi connectivity index (χ4n) is 2.08. The second-order valence-electron chi connectivity index (χ2n) is 4.71. The molecule has 0 aliphatic carbocycles. The topological polar surface area (TPSA) is 12.0 Å². The first kappa shape index (κ1) is 16.2. The summed E-state index contributed by atoms with van der Waals surface area (Å²) in [5.74, 6) is 0. The first-order valence-electron chi connectivity index (χ1n) is 6.86. The van der Waals surface area contributed by atoms with Crippen molar-refractivity contribution >= 4 is 31.9 Å². The Labute approximate surface area is 128 Å². The van der Waals surface area contributed by atoms with E-state index in [4.69, 9.17) is 0 Å². The molecule has 0 fully saturated rings. The van der Waals surface area contributed by atoms with Crippen LogP contribution in [-0.2, 0) is 0 Å². The maximum Gasteiger partial charge on any atom is 0.0321 e. The molecule has 1 aromatic carbocycles. The van der Waals surface area contributed by atoms with Crippen molar-refractivity contribution in [3.8, 4) is 0 Å². The van der Waals surface area contributed by atoms with Crippen LogP contribution in [0.2, 0.25) is 0 Å². The van der Waals surface area contributed by atoms with E-state index in [0.717, 1.165) is 15.5 Å². The van der Waals surface area contributed by atoms with Crippen LogP contribution < -0.4 is 5.32 Å². The van der Waals surface area contributed by atoms with Crippen molar-refractivity contribution < 1.29 is 0 Å². The molecule has 0 aliphatic rings. The van der Waals surface area contributed by atoms with Crippen LogP contribution in [0, 0.1) is 0 Å². The van der Waals surface area contributed by atoms with Gasteiger partial charge in [0, 0.05) is 15.0 Å². The molecule has 0 aliphatic heterocycles. The Balaban J connectivity index is 2.72. The fourth-order valence-corrected chi connectivity index (χ4v) is 3.41. The molecule has 0 aromatic heterocycles. The Kier molecular flexibility index (Phi) is 8.20. The van der Waals surface area contributed by atoms with Crippen LogP contribution in [0.15, 0.2) is 27.1 Å². The maximum absolute atomic E-state index is 3.66. The third-order valence-corrected chi connectivity index (χ3v) is 3.94. The summed E-state index contributed by atoms with van der Waals surface area (Å²) in [6.07, 6.45) is 6.29. The molecule has 1 unspecified atom stereocenters. The van der Waals surface area contributed by atoms with E-state index in [0.29, 0.717) is 6.04 Å². The zero-order valence-electron chi connectivity index (χ0n) is 11.3. The number of hydrogen-bond acceptors (Lipinski definition) is 1. The molecular formula is C15H23Br2N. The van der Waals surface area contributed by atoms with Gasteiger partial charge in [0.1, 0.15) is 0 Å². The lowest BCUT2D eigenvalue weighted by atomic mass is 10.0. The van der Waals surface area contributed by atoms with E-state index in [-0.39, 0.29) is 0 Å². The van der Waals surface area contributed by atoms with Crippen molar-refractivity contribution in [2.75, 3.05) is 6.54 Å². The monoisotopic (exact) mass is 375 g/mol. The highest BCUT2D eigenvalue weighted by Crippen LogP contribution is 2.27. The quantitative estimate of drug-likeness (QED) is 0.562. The number of hydrogen-bond donors (Lipinski definition) is 1. The van der Waals surface area contributed by atoms with Gasteiger partial charge in [0.25, 0.3) is 0 Å². The number of nitrogens with one attached hydrogen (secondary N) is 1. The van der Waals surface area contributed by atoms with Crippen LogP contribution >= 0.6 is 31.9 Å². The zero-order chi connectivity index (χ0) is 13.4. The first-order chi connectivity index (χ1) is 8.67. The minimum Gasteiger partial charge on any atom is -0.310 e. The second kappa shape index (κ2) is 9.11. The van der Waals surface area contributed by atoms with Crippen molar-refractivity contribution in [1.82, 2.24) is 5.32 Å². The minimum atomic E-state index is 0.477. The molecule has 1 aromatic rings. The third kappa shape index (κ3) is 5.85. The van der Waals surface area contributed by atoms with Crippen molar-refractivity contribution in [3.05, 3.63) is 32.7 Å². The maximum atomic E-state index is 3.66. The van der Waals surface area contributed by atoms with Crippen LogP contribution in [0.25, 0.3) is 0 Å². The van der Waals surface area contributed by atoms with Crippen LogP contribution in [0.3, 0.4) is 0 Å². The Bertz CT molecular complexity index is 332. The van der Waals surface area contributed by atoms with Crippen LogP contribution in [0.4, 0.5) is 0 Å². The molecule has 0 heterocycles. The van der Waals surface area contributed by atoms with Crippen molar-refractivity contribution in [3.63, 3.8) is 0 Å². The molecule has 3 heteroatoms. The highest BCUT2D eigenvalue weighted by Gasteiger charge is 2.11. The van der Waals surface area contributed by atoms with Gasteiger partial charge in [-0.1, -0.05) is 65.0 Å². The molecule has 0 amide bonds. The molecule has 1 atom stereocenters. The number of halogens is 2. The first-order valence-corrected chi connectivity index (χ1v) is 8.45. The third-order valence-electron chi connectivity index (χ3n) is 3.02. The van der Waals surface area contributed by atoms with Gasteiger partial charge in [-0.25, -0.2) is 0 Å². The van der Waals surface area contributed by atoms with E-state index in [1.807, 2.05) is 0 Å². The molecule has 0 bridgehead atoms. The number of rotatable bonds is 8. The van der Waals surface area contributed by atoms with Gasteiger partial charge in [-0.15, -0.1) is 0 Å². The van der Waals surface area contributed by atoms with Crippen molar-refractivity contribution in [1.29, 1.82) is 0 Å². The van der Waals surface area contributed by atoms with E-state index in [1.165, 1.54) is 37.7 Å². The van der Waals surface area contributed by atoms with E-state index < -0.39 is 0 Å². The molecular weight excluding hydrogens is 354 g/mol. The summed E-state index contributed by atoms with van der Waals surface area (Å²) in [4.78, 5) is 0. The summed E-state index contributed by atoms with van der Waals surface area (Å²) in [6, 6.07) is 7.02. The highest BCUT2D eigenvalue weighted by molar-refractivity contribution is 9.11. The second-order valence-corrected chi connectivity index (χ2v) is 6.54. The minimum absolute atomic E-state index is 0.477. The predicted octanol–water partition coefficient (Wildman–Crippen LogP) is 5.83. The van der Waals surface area contributed by atoms with Crippen LogP contribution in [0.1, 0.15) is 57.6 Å². The summed E-state index contributed by atoms with van der Waals surface area (Å²) in [6.45, 7) is 5.55. The molecule has 0 saturated heterocycles. The highest BCUT2D eigenvalue weighted by atomic mass is 79.9. The molecule has 0 spiro atoms. The van der Waals surface area contributed by atoms with E-state index in [2.05, 4.69) is 69.2 Å². The molecule has 1 N–H and O–H groups in total. The molecule has 18 heavy (non-hydrogen) atoms. The smallest absolute Gasteiger partial charge is 0.0321 e.